The molecule has 11 fully saturated rings. The molecule has 12 aliphatic rings. The van der Waals surface area contributed by atoms with Crippen molar-refractivity contribution < 1.29 is 69.2 Å². The van der Waals surface area contributed by atoms with E-state index in [1.54, 1.807) is 6.92 Å². The molecule has 69 heavy (non-hydrogen) atoms. The Labute approximate surface area is 418 Å². The van der Waals surface area contributed by atoms with Crippen LogP contribution >= 0.6 is 39.5 Å². The van der Waals surface area contributed by atoms with Crippen LogP contribution in [-0.4, -0.2) is 136 Å². The number of nitrogens with one attached hydrogen (secondary N) is 2. The minimum atomic E-state index is -2.21. The first-order chi connectivity index (χ1) is 31.9. The molecule has 17 atom stereocenters. The number of Topliss-reactive ketones (excluding diaryl/α,β-unsaturated/α-hetero) is 3. The number of nitrogens with zero attached hydrogens (tertiary/aromatic N) is 1. The summed E-state index contributed by atoms with van der Waals surface area (Å²) in [5.74, 6) is -8.75. The molecule has 0 radical (unpaired) electrons. The van der Waals surface area contributed by atoms with Gasteiger partial charge in [0.05, 0.1) is 41.4 Å². The Morgan fingerprint density at radius 3 is 1.70 bits per heavy atom. The average molecular weight is 1070 g/mol. The van der Waals surface area contributed by atoms with Gasteiger partial charge in [0.1, 0.15) is 23.0 Å². The molecule has 8 aliphatic carbocycles. The Bertz CT molecular complexity index is 2440. The second-order valence-corrected chi connectivity index (χ2v) is 24.9. The van der Waals surface area contributed by atoms with E-state index < -0.39 is 120 Å². The monoisotopic (exact) mass is 1060 g/mol. The van der Waals surface area contributed by atoms with Crippen LogP contribution in [0, 0.1) is 62.6 Å². The summed E-state index contributed by atoms with van der Waals surface area (Å²) >= 11 is 9.23. The van der Waals surface area contributed by atoms with Gasteiger partial charge in [0.15, 0.2) is 27.6 Å². The van der Waals surface area contributed by atoms with Crippen LogP contribution in [0.2, 0.25) is 0 Å². The van der Waals surface area contributed by atoms with Gasteiger partial charge in [-0.1, -0.05) is 56.8 Å². The number of amides is 2. The van der Waals surface area contributed by atoms with E-state index in [0.29, 0.717) is 49.2 Å². The number of fused-ring (bicyclic) bond motifs is 5. The lowest BCUT2D eigenvalue weighted by molar-refractivity contribution is -0.437. The number of aliphatic hydroxyl groups excluding tert-OH is 5. The molecule has 4 aliphatic heterocycles. The summed E-state index contributed by atoms with van der Waals surface area (Å²) in [6.45, 7) is 20.6. The fourth-order valence-corrected chi connectivity index (χ4v) is 18.9. The molecule has 8 bridgehead atoms. The van der Waals surface area contributed by atoms with E-state index >= 15 is 0 Å². The van der Waals surface area contributed by atoms with Gasteiger partial charge in [0.25, 0.3) is 0 Å². The number of carbonyl (C=O) groups is 5. The number of hydrogen-bond donors (Lipinski definition) is 10. The molecule has 0 aromatic carbocycles. The van der Waals surface area contributed by atoms with E-state index in [2.05, 4.69) is 65.8 Å². The minimum absolute atomic E-state index is 0.0208. The second kappa shape index (κ2) is 16.8. The molecule has 18 nitrogen and oxygen atoms in total. The fraction of sp³-hybridized carbons (Fsp3) is 0.729. The zero-order chi connectivity index (χ0) is 51.3. The highest BCUT2D eigenvalue weighted by Gasteiger charge is 2.89. The predicted molar refractivity (Wildman–Crippen MR) is 256 cm³/mol. The maximum absolute atomic E-state index is 13.7. The molecule has 21 heteroatoms. The lowest BCUT2D eigenvalue weighted by Crippen LogP contribution is -2.85. The molecular weight excluding hydrogens is 1000 g/mol. The van der Waals surface area contributed by atoms with Gasteiger partial charge in [-0.25, -0.2) is 4.98 Å². The van der Waals surface area contributed by atoms with Gasteiger partial charge >= 0.3 is 0 Å². The van der Waals surface area contributed by atoms with Crippen LogP contribution in [0.3, 0.4) is 0 Å². The molecule has 380 valence electrons. The number of carbonyl (C=O) groups excluding carboxylic acids is 5. The zero-order valence-electron chi connectivity index (χ0n) is 39.8. The summed E-state index contributed by atoms with van der Waals surface area (Å²) in [4.78, 5) is 67.7. The van der Waals surface area contributed by atoms with E-state index in [-0.39, 0.29) is 48.1 Å². The third-order valence-electron chi connectivity index (χ3n) is 18.1. The van der Waals surface area contributed by atoms with Gasteiger partial charge in [-0.05, 0) is 91.5 Å². The molecular formula is C48H65BrN4O14S2. The van der Waals surface area contributed by atoms with Gasteiger partial charge in [0, 0.05) is 54.4 Å². The van der Waals surface area contributed by atoms with Crippen LogP contribution in [0.25, 0.3) is 0 Å². The lowest BCUT2D eigenvalue weighted by atomic mass is 9.36. The fourth-order valence-electron chi connectivity index (χ4n) is 16.2. The molecule has 1 aromatic heterocycles. The Kier molecular flexibility index (Phi) is 12.8. The van der Waals surface area contributed by atoms with Crippen molar-refractivity contribution >= 4 is 78.9 Å². The number of rotatable bonds is 1. The molecule has 4 spiro atoms. The van der Waals surface area contributed by atoms with E-state index in [1.165, 1.54) is 25.2 Å². The largest absolute Gasteiger partial charge is 0.397 e. The molecule has 11 N–H and O–H groups in total. The number of ketones is 3. The van der Waals surface area contributed by atoms with Crippen LogP contribution in [0.5, 0.6) is 0 Å². The van der Waals surface area contributed by atoms with Gasteiger partial charge in [-0.2, -0.15) is 0 Å². The highest BCUT2D eigenvalue weighted by atomic mass is 79.9. The Hall–Kier alpha value is -2.93. The van der Waals surface area contributed by atoms with Crippen molar-refractivity contribution in [2.24, 2.45) is 68.3 Å². The Morgan fingerprint density at radius 2 is 1.26 bits per heavy atom. The summed E-state index contributed by atoms with van der Waals surface area (Å²) < 4.78 is 11.8. The Morgan fingerprint density at radius 1 is 0.812 bits per heavy atom. The number of aliphatic hydroxyl groups is 7. The van der Waals surface area contributed by atoms with Gasteiger partial charge in [0.2, 0.25) is 23.4 Å². The van der Waals surface area contributed by atoms with Crippen molar-refractivity contribution in [3.63, 3.8) is 0 Å². The maximum atomic E-state index is 13.7. The van der Waals surface area contributed by atoms with Crippen LogP contribution in [0.15, 0.2) is 24.3 Å². The zero-order valence-corrected chi connectivity index (χ0v) is 43.1. The molecule has 2 amide bonds. The van der Waals surface area contributed by atoms with Crippen molar-refractivity contribution in [3.05, 3.63) is 34.9 Å². The number of thiocarbonyl (C=S) groups is 1. The van der Waals surface area contributed by atoms with Crippen molar-refractivity contribution in [3.8, 4) is 0 Å². The highest BCUT2D eigenvalue weighted by molar-refractivity contribution is 9.10. The number of hydrogen-bond acceptors (Lipinski definition) is 17. The van der Waals surface area contributed by atoms with Gasteiger partial charge < -0.3 is 61.6 Å². The number of halogens is 1. The summed E-state index contributed by atoms with van der Waals surface area (Å²) in [7, 11) is 0. The number of anilines is 1. The lowest BCUT2D eigenvalue weighted by Gasteiger charge is -2.73. The summed E-state index contributed by atoms with van der Waals surface area (Å²) in [6.07, 6.45) is -1.85. The summed E-state index contributed by atoms with van der Waals surface area (Å²) in [5, 5.41) is 82.1. The molecule has 7 saturated carbocycles. The summed E-state index contributed by atoms with van der Waals surface area (Å²) in [6, 6.07) is 0. The average Bonchev–Trinajstić information content (AvgIpc) is 3.70. The Balaban J connectivity index is 0.000000158. The van der Waals surface area contributed by atoms with Gasteiger partial charge in [-0.15, -0.1) is 11.3 Å². The third-order valence-corrected chi connectivity index (χ3v) is 19.9. The molecule has 13 rings (SSSR count). The van der Waals surface area contributed by atoms with Crippen LogP contribution in [-0.2, 0) is 45.3 Å². The molecule has 1 unspecified atom stereocenters. The summed E-state index contributed by atoms with van der Waals surface area (Å²) in [5.41, 5.74) is -0.105. The SMILES string of the molecule is C=C1C(=O)[C@]23[C@H](O)[C@H]1CC[C@H]2[C@@]12CO[C@@]3(O)[C@@H](O)[C@@H]1C(C)(C)CC(Br)C2=O.C=C1C(=O)[C@]23[C@H](O)[C@H]1CC[C@H]2[C@@]12CO[C@@]3(O)[C@@H](O)[C@@H]1C(C)(C)Cc1sc(NC(C)=O)nc12.CC(=O)NC(N)=S.CCO. The predicted octanol–water partition coefficient (Wildman–Crippen LogP) is 1.47. The van der Waals surface area contributed by atoms with Crippen molar-refractivity contribution in [2.45, 2.75) is 133 Å². The van der Waals surface area contributed by atoms with Crippen LogP contribution in [0.1, 0.15) is 91.1 Å². The van der Waals surface area contributed by atoms with Crippen LogP contribution in [0.4, 0.5) is 5.13 Å². The maximum Gasteiger partial charge on any atom is 0.223 e. The van der Waals surface area contributed by atoms with E-state index in [1.807, 2.05) is 13.8 Å². The molecule has 1 aromatic rings. The smallest absolute Gasteiger partial charge is 0.223 e. The molecule has 5 heterocycles. The van der Waals surface area contributed by atoms with Gasteiger partial charge in [-0.3, -0.25) is 24.0 Å². The highest BCUT2D eigenvalue weighted by Crippen LogP contribution is 2.78. The van der Waals surface area contributed by atoms with E-state index in [9.17, 15) is 54.6 Å². The van der Waals surface area contributed by atoms with Crippen LogP contribution < -0.4 is 16.4 Å². The topological polar surface area (TPSA) is 308 Å². The number of ether oxygens (including phenoxy) is 2. The molecule has 4 saturated heterocycles. The first-order valence-corrected chi connectivity index (χ1v) is 25.6. The number of thiazole rings is 1. The minimum Gasteiger partial charge on any atom is -0.397 e. The standard InChI is InChI=1S/C23H28N2O6S.C20H25BrO6.C3H6N2OS.C2H6O/c1-9-11-5-6-13-21-8-31-23(30,22(13,16(9)27)17(11)28)18(29)14(21)20(3,4)7-12-15(21)25-19(32-12)24-10(2)26;1-8-9-4-5-11-18-7-27-20(26,19(11,13(8)22)14(9)23)16(25)12(18)17(2,3)6-10(21)15(18)24;1-2(6)5-3(4)7;1-2-3/h11,13-14,17-18,28-30H,1,5-8H2,2-4H3,(H,24,25,26);9-12,14,16,23,25-26H,1,4-7H2,2-3H3;1H3,(H3,4,5,6,7);3H,2H2,1H3/t11-,13-,14+,17+,18-,21-,22-,23-;9-,10?,11-,12+,14+,16-,18-,19-,20-;;/m00../s1. The number of nitrogens with two attached hydrogens (primary N) is 1. The second-order valence-electron chi connectivity index (χ2n) is 22.2. The quantitative estimate of drug-likeness (QED) is 0.108. The normalized spacial score (nSPS) is 45.9. The van der Waals surface area contributed by atoms with E-state index in [0.717, 1.165) is 10.6 Å². The first-order valence-electron chi connectivity index (χ1n) is 23.5. The van der Waals surface area contributed by atoms with Crippen molar-refractivity contribution in [1.82, 2.24) is 10.3 Å². The number of aromatic nitrogens is 1. The number of alkyl halides is 1. The van der Waals surface area contributed by atoms with Crippen molar-refractivity contribution in [2.75, 3.05) is 25.1 Å². The van der Waals surface area contributed by atoms with Crippen molar-refractivity contribution in [1.29, 1.82) is 0 Å². The third kappa shape index (κ3) is 6.40. The first kappa shape index (κ1) is 52.4. The van der Waals surface area contributed by atoms with E-state index in [4.69, 9.17) is 25.3 Å².